The summed E-state index contributed by atoms with van der Waals surface area (Å²) in [6, 6.07) is 0. The molecule has 1 N–H and O–H groups in total. The van der Waals surface area contributed by atoms with Crippen molar-refractivity contribution in [3.63, 3.8) is 0 Å². The zero-order valence-electron chi connectivity index (χ0n) is 13.1. The monoisotopic (exact) mass is 276 g/mol. The van der Waals surface area contributed by atoms with Crippen LogP contribution < -0.4 is 0 Å². The molecule has 0 fully saturated rings. The molecule has 0 aliphatic carbocycles. The molecule has 0 unspecified atom stereocenters. The minimum Gasteiger partial charge on any atom is -0.389 e. The molecule has 0 bridgehead atoms. The second-order valence-corrected chi connectivity index (χ2v) is 5.22. The Balaban J connectivity index is 3.49. The van der Waals surface area contributed by atoms with E-state index >= 15 is 0 Å². The number of allylic oxidation sites excluding steroid dienone is 5. The molecule has 0 aromatic carbocycles. The molecule has 0 aliphatic rings. The average molecular weight is 276 g/mol. The van der Waals surface area contributed by atoms with Gasteiger partial charge in [0.05, 0.1) is 6.10 Å². The molecule has 0 aromatic rings. The molecule has 0 aliphatic heterocycles. The zero-order valence-corrected chi connectivity index (χ0v) is 13.1. The second kappa shape index (κ2) is 16.2. The topological polar surface area (TPSA) is 20.2 Å². The van der Waals surface area contributed by atoms with Crippen LogP contribution in [0.4, 0.5) is 0 Å². The van der Waals surface area contributed by atoms with Crippen molar-refractivity contribution >= 4 is 0 Å². The number of aliphatic hydroxyl groups is 1. The Labute approximate surface area is 126 Å². The Kier molecular flexibility index (Phi) is 15.6. The summed E-state index contributed by atoms with van der Waals surface area (Å²) in [6.45, 7) is 7.65. The fraction of sp³-hybridized carbons (Fsp3) is 0.632. The van der Waals surface area contributed by atoms with Gasteiger partial charge >= 0.3 is 0 Å². The van der Waals surface area contributed by atoms with Crippen molar-refractivity contribution in [2.75, 3.05) is 0 Å². The lowest BCUT2D eigenvalue weighted by Gasteiger charge is -2.03. The van der Waals surface area contributed by atoms with Crippen LogP contribution in [0.2, 0.25) is 0 Å². The summed E-state index contributed by atoms with van der Waals surface area (Å²) in [5.41, 5.74) is 0. The molecular formula is C19H32O. The van der Waals surface area contributed by atoms with Crippen LogP contribution in [0.1, 0.15) is 71.1 Å². The smallest absolute Gasteiger partial charge is 0.0723 e. The minimum absolute atomic E-state index is 0.318. The fourth-order valence-electron chi connectivity index (χ4n) is 1.93. The van der Waals surface area contributed by atoms with Crippen LogP contribution in [0.5, 0.6) is 0 Å². The molecule has 20 heavy (non-hydrogen) atoms. The lowest BCUT2D eigenvalue weighted by Crippen LogP contribution is -2.00. The van der Waals surface area contributed by atoms with Crippen molar-refractivity contribution in [3.8, 4) is 0 Å². The van der Waals surface area contributed by atoms with Crippen LogP contribution in [0.3, 0.4) is 0 Å². The lowest BCUT2D eigenvalue weighted by atomic mass is 10.1. The molecule has 0 amide bonds. The van der Waals surface area contributed by atoms with E-state index in [1.165, 1.54) is 25.7 Å². The summed E-state index contributed by atoms with van der Waals surface area (Å²) in [4.78, 5) is 0. The Morgan fingerprint density at radius 3 is 2.55 bits per heavy atom. The van der Waals surface area contributed by atoms with E-state index in [1.807, 2.05) is 18.2 Å². The predicted molar refractivity (Wildman–Crippen MR) is 89.6 cm³/mol. The van der Waals surface area contributed by atoms with Gasteiger partial charge in [-0.15, -0.1) is 0 Å². The van der Waals surface area contributed by atoms with Gasteiger partial charge in [0.1, 0.15) is 0 Å². The molecule has 2 radical (unpaired) electrons. The summed E-state index contributed by atoms with van der Waals surface area (Å²) in [7, 11) is 0. The number of hydrogen-bond donors (Lipinski definition) is 1. The van der Waals surface area contributed by atoms with Gasteiger partial charge in [-0.25, -0.2) is 0 Å². The predicted octanol–water partition coefficient (Wildman–Crippen LogP) is 5.65. The van der Waals surface area contributed by atoms with Gasteiger partial charge in [0.15, 0.2) is 0 Å². The van der Waals surface area contributed by atoms with E-state index in [9.17, 15) is 5.11 Å². The van der Waals surface area contributed by atoms with E-state index in [0.717, 1.165) is 38.5 Å². The first-order valence-corrected chi connectivity index (χ1v) is 8.17. The molecule has 1 heteroatoms. The molecular weight excluding hydrogens is 244 g/mol. The lowest BCUT2D eigenvalue weighted by molar-refractivity contribution is 0.208. The molecule has 0 saturated carbocycles. The number of unbranched alkanes of at least 4 members (excludes halogenated alkanes) is 6. The van der Waals surface area contributed by atoms with Gasteiger partial charge in [0, 0.05) is 0 Å². The standard InChI is InChI=1S/C19H32O/c1-3-5-7-9-10-11-12-13-14-16-18-19(20)17-15-8-6-4-2/h2,10-11,13-14,16,18-20H,3-9,12,15,17H2,1H3/b11-10-,14-13-,18-16+/t19-/m0/s1. The first-order valence-electron chi connectivity index (χ1n) is 8.17. The van der Waals surface area contributed by atoms with Crippen LogP contribution in [0, 0.1) is 6.92 Å². The molecule has 1 nitrogen and oxygen atoms in total. The second-order valence-electron chi connectivity index (χ2n) is 5.22. The van der Waals surface area contributed by atoms with Crippen molar-refractivity contribution in [3.05, 3.63) is 43.4 Å². The highest BCUT2D eigenvalue weighted by Gasteiger charge is 1.97. The van der Waals surface area contributed by atoms with Crippen LogP contribution in [-0.2, 0) is 0 Å². The van der Waals surface area contributed by atoms with Crippen LogP contribution >= 0.6 is 0 Å². The highest BCUT2D eigenvalue weighted by Crippen LogP contribution is 2.06. The molecule has 0 aromatic heterocycles. The van der Waals surface area contributed by atoms with E-state index in [4.69, 9.17) is 6.92 Å². The summed E-state index contributed by atoms with van der Waals surface area (Å²) in [5.74, 6) is 0. The minimum atomic E-state index is -0.318. The largest absolute Gasteiger partial charge is 0.389 e. The molecule has 0 spiro atoms. The van der Waals surface area contributed by atoms with E-state index in [0.29, 0.717) is 0 Å². The normalized spacial score (nSPS) is 13.9. The van der Waals surface area contributed by atoms with Gasteiger partial charge in [0.2, 0.25) is 0 Å². The van der Waals surface area contributed by atoms with Crippen molar-refractivity contribution < 1.29 is 5.11 Å². The number of hydrogen-bond acceptors (Lipinski definition) is 1. The van der Waals surface area contributed by atoms with Crippen LogP contribution in [0.15, 0.2) is 36.5 Å². The summed E-state index contributed by atoms with van der Waals surface area (Å²) < 4.78 is 0. The van der Waals surface area contributed by atoms with E-state index in [2.05, 4.69) is 25.2 Å². The maximum absolute atomic E-state index is 9.71. The van der Waals surface area contributed by atoms with Crippen molar-refractivity contribution in [1.82, 2.24) is 0 Å². The Morgan fingerprint density at radius 1 is 0.950 bits per heavy atom. The highest BCUT2D eigenvalue weighted by molar-refractivity contribution is 5.06. The number of aliphatic hydroxyl groups excluding tert-OH is 1. The Bertz CT molecular complexity index is 263. The summed E-state index contributed by atoms with van der Waals surface area (Å²) in [6.07, 6.45) is 23.0. The molecule has 1 atom stereocenters. The number of rotatable bonds is 13. The van der Waals surface area contributed by atoms with E-state index < -0.39 is 0 Å². The zero-order chi connectivity index (χ0) is 14.9. The summed E-state index contributed by atoms with van der Waals surface area (Å²) >= 11 is 0. The SMILES string of the molecule is [CH]CCCCC[C@H](O)/C=C/C=C\C/C=C\CCCCC. The fourth-order valence-corrected chi connectivity index (χ4v) is 1.93. The van der Waals surface area contributed by atoms with Gasteiger partial charge in [0.25, 0.3) is 0 Å². The molecule has 114 valence electrons. The third-order valence-corrected chi connectivity index (χ3v) is 3.20. The average Bonchev–Trinajstić information content (AvgIpc) is 2.45. The highest BCUT2D eigenvalue weighted by atomic mass is 16.3. The van der Waals surface area contributed by atoms with Crippen molar-refractivity contribution in [2.24, 2.45) is 0 Å². The van der Waals surface area contributed by atoms with Gasteiger partial charge in [-0.2, -0.15) is 0 Å². The van der Waals surface area contributed by atoms with E-state index in [-0.39, 0.29) is 6.10 Å². The molecule has 0 saturated heterocycles. The van der Waals surface area contributed by atoms with E-state index in [1.54, 1.807) is 0 Å². The van der Waals surface area contributed by atoms with Crippen LogP contribution in [-0.4, -0.2) is 11.2 Å². The van der Waals surface area contributed by atoms with Gasteiger partial charge in [-0.1, -0.05) is 75.5 Å². The third kappa shape index (κ3) is 15.2. The van der Waals surface area contributed by atoms with Crippen LogP contribution in [0.25, 0.3) is 0 Å². The Hall–Kier alpha value is -0.820. The summed E-state index contributed by atoms with van der Waals surface area (Å²) in [5, 5.41) is 9.71. The maximum Gasteiger partial charge on any atom is 0.0723 e. The van der Waals surface area contributed by atoms with Gasteiger partial charge < -0.3 is 5.11 Å². The first-order chi connectivity index (χ1) is 9.81. The van der Waals surface area contributed by atoms with Gasteiger partial charge in [-0.05, 0) is 39.0 Å². The van der Waals surface area contributed by atoms with Gasteiger partial charge in [-0.3, -0.25) is 0 Å². The van der Waals surface area contributed by atoms with Crippen molar-refractivity contribution in [1.29, 1.82) is 0 Å². The molecule has 0 rings (SSSR count). The third-order valence-electron chi connectivity index (χ3n) is 3.20. The first kappa shape index (κ1) is 19.2. The van der Waals surface area contributed by atoms with Crippen molar-refractivity contribution in [2.45, 2.75) is 77.2 Å². The maximum atomic E-state index is 9.71. The quantitative estimate of drug-likeness (QED) is 0.262. The Morgan fingerprint density at radius 2 is 1.80 bits per heavy atom. The molecule has 0 heterocycles.